The Morgan fingerprint density at radius 2 is 2.36 bits per heavy atom. The maximum Gasteiger partial charge on any atom is 0.284 e. The molecule has 1 aromatic rings. The molecule has 0 radical (unpaired) electrons. The minimum absolute atomic E-state index is 0.0149. The molecule has 3 nitrogen and oxygen atoms in total. The first-order valence-electron chi connectivity index (χ1n) is 3.67. The molecule has 1 aromatic heterocycles. The zero-order valence-corrected chi connectivity index (χ0v) is 6.83. The highest BCUT2D eigenvalue weighted by atomic mass is 16.6. The number of furan rings is 1. The zero-order valence-electron chi connectivity index (χ0n) is 6.83. The highest BCUT2D eigenvalue weighted by Crippen LogP contribution is 2.21. The van der Waals surface area contributed by atoms with Gasteiger partial charge in [-0.15, -0.1) is 0 Å². The van der Waals surface area contributed by atoms with E-state index in [0.717, 1.165) is 12.2 Å². The number of hydrogen-bond donors (Lipinski definition) is 1. The topological polar surface area (TPSA) is 48.4 Å². The minimum atomic E-state index is -0.0149. The molecular weight excluding hydrogens is 142 g/mol. The molecule has 1 atom stereocenters. The molecule has 2 N–H and O–H groups in total. The average Bonchev–Trinajstić information content (AvgIpc) is 2.50. The summed E-state index contributed by atoms with van der Waals surface area (Å²) in [5.74, 6) is 1.30. The Balaban J connectivity index is 2.71. The Bertz CT molecular complexity index is 220. The van der Waals surface area contributed by atoms with E-state index in [1.165, 1.54) is 0 Å². The predicted octanol–water partition coefficient (Wildman–Crippen LogP) is 1.70. The molecule has 0 spiro atoms. The molecule has 3 heteroatoms. The van der Waals surface area contributed by atoms with Crippen LogP contribution in [0.25, 0.3) is 0 Å². The standard InChI is InChI=1S/C8H13NO2/c1-3-6(9)7-4-5-8(10-2)11-7/h4-6H,3,9H2,1-2H3/t6-/m0/s1. The molecule has 11 heavy (non-hydrogen) atoms. The van der Waals surface area contributed by atoms with E-state index < -0.39 is 0 Å². The Labute approximate surface area is 66.1 Å². The Kier molecular flexibility index (Phi) is 2.54. The van der Waals surface area contributed by atoms with E-state index in [1.54, 1.807) is 13.2 Å². The first kappa shape index (κ1) is 8.14. The van der Waals surface area contributed by atoms with Crippen molar-refractivity contribution in [1.29, 1.82) is 0 Å². The van der Waals surface area contributed by atoms with Gasteiger partial charge >= 0.3 is 0 Å². The van der Waals surface area contributed by atoms with Crippen LogP contribution in [-0.4, -0.2) is 7.11 Å². The second-order valence-electron chi connectivity index (χ2n) is 2.38. The monoisotopic (exact) mass is 155 g/mol. The fraction of sp³-hybridized carbons (Fsp3) is 0.500. The van der Waals surface area contributed by atoms with Crippen LogP contribution in [0.5, 0.6) is 5.95 Å². The second kappa shape index (κ2) is 3.44. The molecule has 0 saturated heterocycles. The summed E-state index contributed by atoms with van der Waals surface area (Å²) < 4.78 is 10.1. The summed E-state index contributed by atoms with van der Waals surface area (Å²) in [6.07, 6.45) is 0.872. The summed E-state index contributed by atoms with van der Waals surface area (Å²) in [6, 6.07) is 3.59. The molecule has 0 amide bonds. The Morgan fingerprint density at radius 1 is 1.64 bits per heavy atom. The van der Waals surface area contributed by atoms with Crippen molar-refractivity contribution in [3.63, 3.8) is 0 Å². The number of hydrogen-bond acceptors (Lipinski definition) is 3. The lowest BCUT2D eigenvalue weighted by Gasteiger charge is -2.02. The lowest BCUT2D eigenvalue weighted by Crippen LogP contribution is -2.06. The van der Waals surface area contributed by atoms with Gasteiger partial charge in [0.2, 0.25) is 0 Å². The summed E-state index contributed by atoms with van der Waals surface area (Å²) in [5, 5.41) is 0. The van der Waals surface area contributed by atoms with Crippen LogP contribution in [0.1, 0.15) is 25.1 Å². The number of ether oxygens (including phenoxy) is 1. The first-order chi connectivity index (χ1) is 5.27. The summed E-state index contributed by atoms with van der Waals surface area (Å²) >= 11 is 0. The molecule has 0 fully saturated rings. The second-order valence-corrected chi connectivity index (χ2v) is 2.38. The fourth-order valence-corrected chi connectivity index (χ4v) is 0.845. The van der Waals surface area contributed by atoms with Crippen LogP contribution < -0.4 is 10.5 Å². The maximum atomic E-state index is 5.71. The van der Waals surface area contributed by atoms with E-state index in [2.05, 4.69) is 0 Å². The normalized spacial score (nSPS) is 13.0. The van der Waals surface area contributed by atoms with Gasteiger partial charge in [-0.1, -0.05) is 6.92 Å². The van der Waals surface area contributed by atoms with E-state index in [9.17, 15) is 0 Å². The van der Waals surface area contributed by atoms with Crippen LogP contribution in [0.15, 0.2) is 16.5 Å². The predicted molar refractivity (Wildman–Crippen MR) is 42.5 cm³/mol. The molecule has 0 aliphatic heterocycles. The van der Waals surface area contributed by atoms with E-state index in [4.69, 9.17) is 14.9 Å². The summed E-state index contributed by atoms with van der Waals surface area (Å²) in [7, 11) is 1.57. The molecular formula is C8H13NO2. The van der Waals surface area contributed by atoms with E-state index in [0.29, 0.717) is 5.95 Å². The largest absolute Gasteiger partial charge is 0.468 e. The summed E-state index contributed by atoms with van der Waals surface area (Å²) in [4.78, 5) is 0. The highest BCUT2D eigenvalue weighted by molar-refractivity contribution is 5.13. The van der Waals surface area contributed by atoms with E-state index in [-0.39, 0.29) is 6.04 Å². The highest BCUT2D eigenvalue weighted by Gasteiger charge is 2.07. The molecule has 1 rings (SSSR count). The van der Waals surface area contributed by atoms with Crippen LogP contribution in [0, 0.1) is 0 Å². The van der Waals surface area contributed by atoms with Crippen molar-refractivity contribution in [3.8, 4) is 5.95 Å². The summed E-state index contributed by atoms with van der Waals surface area (Å²) in [5.41, 5.74) is 5.71. The van der Waals surface area contributed by atoms with Gasteiger partial charge in [0.15, 0.2) is 0 Å². The molecule has 1 heterocycles. The van der Waals surface area contributed by atoms with Crippen molar-refractivity contribution in [2.75, 3.05) is 7.11 Å². The quantitative estimate of drug-likeness (QED) is 0.722. The molecule has 62 valence electrons. The lowest BCUT2D eigenvalue weighted by molar-refractivity contribution is 0.287. The van der Waals surface area contributed by atoms with Crippen molar-refractivity contribution in [1.82, 2.24) is 0 Å². The van der Waals surface area contributed by atoms with Gasteiger partial charge in [-0.2, -0.15) is 0 Å². The van der Waals surface area contributed by atoms with Crippen LogP contribution in [0.4, 0.5) is 0 Å². The maximum absolute atomic E-state index is 5.71. The molecule has 0 unspecified atom stereocenters. The van der Waals surface area contributed by atoms with Gasteiger partial charge in [-0.3, -0.25) is 0 Å². The lowest BCUT2D eigenvalue weighted by atomic mass is 10.2. The van der Waals surface area contributed by atoms with Gasteiger partial charge in [0.1, 0.15) is 5.76 Å². The first-order valence-corrected chi connectivity index (χ1v) is 3.67. The van der Waals surface area contributed by atoms with Crippen LogP contribution in [0.3, 0.4) is 0 Å². The van der Waals surface area contributed by atoms with Crippen LogP contribution >= 0.6 is 0 Å². The van der Waals surface area contributed by atoms with Gasteiger partial charge < -0.3 is 14.9 Å². The van der Waals surface area contributed by atoms with Crippen molar-refractivity contribution in [2.45, 2.75) is 19.4 Å². The van der Waals surface area contributed by atoms with Crippen molar-refractivity contribution in [2.24, 2.45) is 5.73 Å². The van der Waals surface area contributed by atoms with Crippen molar-refractivity contribution >= 4 is 0 Å². The number of methoxy groups -OCH3 is 1. The Hall–Kier alpha value is -0.960. The van der Waals surface area contributed by atoms with Gasteiger partial charge in [-0.05, 0) is 12.5 Å². The minimum Gasteiger partial charge on any atom is -0.468 e. The molecule has 0 bridgehead atoms. The summed E-state index contributed by atoms with van der Waals surface area (Å²) in [6.45, 7) is 2.01. The molecule has 0 aliphatic carbocycles. The van der Waals surface area contributed by atoms with Gasteiger partial charge in [0.25, 0.3) is 5.95 Å². The molecule has 0 saturated carbocycles. The smallest absolute Gasteiger partial charge is 0.284 e. The zero-order chi connectivity index (χ0) is 8.27. The number of nitrogens with two attached hydrogens (primary N) is 1. The third kappa shape index (κ3) is 1.74. The van der Waals surface area contributed by atoms with Crippen molar-refractivity contribution in [3.05, 3.63) is 17.9 Å². The van der Waals surface area contributed by atoms with E-state index >= 15 is 0 Å². The number of rotatable bonds is 3. The SMILES string of the molecule is CC[C@H](N)c1ccc(OC)o1. The van der Waals surface area contributed by atoms with Crippen LogP contribution in [0.2, 0.25) is 0 Å². The molecule has 0 aliphatic rings. The van der Waals surface area contributed by atoms with Gasteiger partial charge in [0.05, 0.1) is 13.2 Å². The Morgan fingerprint density at radius 3 is 2.82 bits per heavy atom. The third-order valence-electron chi connectivity index (χ3n) is 1.61. The van der Waals surface area contributed by atoms with Crippen molar-refractivity contribution < 1.29 is 9.15 Å². The van der Waals surface area contributed by atoms with E-state index in [1.807, 2.05) is 13.0 Å². The van der Waals surface area contributed by atoms with Gasteiger partial charge in [0, 0.05) is 6.07 Å². The van der Waals surface area contributed by atoms with Crippen LogP contribution in [-0.2, 0) is 0 Å². The third-order valence-corrected chi connectivity index (χ3v) is 1.61. The fourth-order valence-electron chi connectivity index (χ4n) is 0.845. The molecule has 0 aromatic carbocycles. The van der Waals surface area contributed by atoms with Gasteiger partial charge in [-0.25, -0.2) is 0 Å². The average molecular weight is 155 g/mol.